The third-order valence-corrected chi connectivity index (χ3v) is 3.86. The molecule has 1 unspecified atom stereocenters. The van der Waals surface area contributed by atoms with E-state index in [9.17, 15) is 18.0 Å². The smallest absolute Gasteiger partial charge is 0.370 e. The summed E-state index contributed by atoms with van der Waals surface area (Å²) in [5.74, 6) is 0. The summed E-state index contributed by atoms with van der Waals surface area (Å²) >= 11 is 0. The Bertz CT molecular complexity index is 746. The molecule has 1 aromatic heterocycles. The third-order valence-electron chi connectivity index (χ3n) is 3.86. The van der Waals surface area contributed by atoms with Gasteiger partial charge in [0, 0.05) is 19.8 Å². The monoisotopic (exact) mass is 354 g/mol. The van der Waals surface area contributed by atoms with E-state index in [1.54, 1.807) is 0 Å². The molecular weight excluding hydrogens is 337 g/mol. The van der Waals surface area contributed by atoms with Crippen LogP contribution in [0.15, 0.2) is 36.5 Å². The second-order valence-electron chi connectivity index (χ2n) is 5.71. The Labute approximate surface area is 142 Å². The zero-order valence-corrected chi connectivity index (χ0v) is 13.5. The van der Waals surface area contributed by atoms with Crippen molar-refractivity contribution in [1.29, 1.82) is 0 Å². The van der Waals surface area contributed by atoms with Crippen molar-refractivity contribution in [2.75, 3.05) is 25.0 Å². The fourth-order valence-corrected chi connectivity index (χ4v) is 2.69. The average molecular weight is 354 g/mol. The Hall–Kier alpha value is -2.55. The summed E-state index contributed by atoms with van der Waals surface area (Å²) in [6, 6.07) is 8.76. The molecule has 0 radical (unpaired) electrons. The van der Waals surface area contributed by atoms with Gasteiger partial charge in [-0.15, -0.1) is 0 Å². The Balaban J connectivity index is 1.72. The van der Waals surface area contributed by atoms with Gasteiger partial charge < -0.3 is 15.0 Å². The van der Waals surface area contributed by atoms with E-state index in [2.05, 4.69) is 10.4 Å². The number of urea groups is 1. The molecule has 0 saturated carbocycles. The van der Waals surface area contributed by atoms with Crippen molar-refractivity contribution in [3.8, 4) is 0 Å². The van der Waals surface area contributed by atoms with Gasteiger partial charge in [0.05, 0.1) is 18.8 Å². The van der Waals surface area contributed by atoms with E-state index in [0.717, 1.165) is 16.4 Å². The van der Waals surface area contributed by atoms with Gasteiger partial charge in [-0.25, -0.2) is 4.79 Å². The number of alkyl halides is 3. The molecule has 0 bridgehead atoms. The maximum absolute atomic E-state index is 13.0. The van der Waals surface area contributed by atoms with E-state index in [4.69, 9.17) is 4.74 Å². The number of rotatable bonds is 2. The summed E-state index contributed by atoms with van der Waals surface area (Å²) in [6.45, 7) is 0.875. The van der Waals surface area contributed by atoms with Crippen molar-refractivity contribution in [2.24, 2.45) is 7.05 Å². The first-order valence-corrected chi connectivity index (χ1v) is 7.68. The van der Waals surface area contributed by atoms with E-state index in [1.807, 2.05) is 30.3 Å². The Morgan fingerprint density at radius 3 is 2.72 bits per heavy atom. The predicted molar refractivity (Wildman–Crippen MR) is 83.9 cm³/mol. The minimum atomic E-state index is -4.64. The number of hydrogen-bond acceptors (Lipinski definition) is 3. The van der Waals surface area contributed by atoms with Crippen LogP contribution >= 0.6 is 0 Å². The van der Waals surface area contributed by atoms with Crippen LogP contribution in [0, 0.1) is 0 Å². The topological polar surface area (TPSA) is 59.4 Å². The molecule has 2 aromatic rings. The summed E-state index contributed by atoms with van der Waals surface area (Å²) in [5.41, 5.74) is -0.559. The fourth-order valence-electron chi connectivity index (χ4n) is 2.69. The number of anilines is 1. The van der Waals surface area contributed by atoms with Gasteiger partial charge in [0.15, 0.2) is 5.69 Å². The van der Waals surface area contributed by atoms with Gasteiger partial charge in [0.2, 0.25) is 0 Å². The SMILES string of the molecule is Cn1cc(NC(=O)N2CCOC(c3ccccc3)C2)c(C(F)(F)F)n1. The van der Waals surface area contributed by atoms with Crippen molar-refractivity contribution in [1.82, 2.24) is 14.7 Å². The van der Waals surface area contributed by atoms with Gasteiger partial charge in [-0.05, 0) is 5.56 Å². The molecule has 3 rings (SSSR count). The summed E-state index contributed by atoms with van der Waals surface area (Å²) in [7, 11) is 1.37. The fraction of sp³-hybridized carbons (Fsp3) is 0.375. The van der Waals surface area contributed by atoms with Crippen LogP contribution in [0.4, 0.5) is 23.7 Å². The second kappa shape index (κ2) is 6.75. The number of carbonyl (C=O) groups excluding carboxylic acids is 1. The minimum absolute atomic E-state index is 0.261. The van der Waals surface area contributed by atoms with Gasteiger partial charge in [-0.1, -0.05) is 30.3 Å². The first-order valence-electron chi connectivity index (χ1n) is 7.68. The number of nitrogens with one attached hydrogen (secondary N) is 1. The normalized spacial score (nSPS) is 18.2. The Kier molecular flexibility index (Phi) is 4.67. The number of ether oxygens (including phenoxy) is 1. The number of benzene rings is 1. The maximum atomic E-state index is 13.0. The molecule has 0 spiro atoms. The van der Waals surface area contributed by atoms with Crippen LogP contribution in [0.5, 0.6) is 0 Å². The molecule has 1 N–H and O–H groups in total. The summed E-state index contributed by atoms with van der Waals surface area (Å²) in [6.07, 6.45) is -3.81. The number of nitrogens with zero attached hydrogens (tertiary/aromatic N) is 3. The van der Waals surface area contributed by atoms with Gasteiger partial charge in [0.1, 0.15) is 6.10 Å². The number of hydrogen-bond donors (Lipinski definition) is 1. The second-order valence-corrected chi connectivity index (χ2v) is 5.71. The lowest BCUT2D eigenvalue weighted by atomic mass is 10.1. The number of halogens is 3. The first kappa shape index (κ1) is 17.3. The van der Waals surface area contributed by atoms with Crippen LogP contribution in [0.3, 0.4) is 0 Å². The zero-order valence-electron chi connectivity index (χ0n) is 13.5. The van der Waals surface area contributed by atoms with Gasteiger partial charge in [0.25, 0.3) is 0 Å². The van der Waals surface area contributed by atoms with Crippen LogP contribution < -0.4 is 5.32 Å². The molecule has 134 valence electrons. The Morgan fingerprint density at radius 2 is 2.04 bits per heavy atom. The van der Waals surface area contributed by atoms with E-state index < -0.39 is 17.9 Å². The molecule has 25 heavy (non-hydrogen) atoms. The number of morpholine rings is 1. The number of carbonyl (C=O) groups is 1. The van der Waals surface area contributed by atoms with Crippen molar-refractivity contribution in [2.45, 2.75) is 12.3 Å². The van der Waals surface area contributed by atoms with Crippen LogP contribution in [-0.2, 0) is 18.0 Å². The van der Waals surface area contributed by atoms with Gasteiger partial charge in [-0.2, -0.15) is 18.3 Å². The van der Waals surface area contributed by atoms with Crippen molar-refractivity contribution in [3.05, 3.63) is 47.8 Å². The van der Waals surface area contributed by atoms with E-state index in [1.165, 1.54) is 11.9 Å². The molecule has 1 saturated heterocycles. The predicted octanol–water partition coefficient (Wildman–Crippen LogP) is 3.04. The number of aryl methyl sites for hydroxylation is 1. The summed E-state index contributed by atoms with van der Waals surface area (Å²) < 4.78 is 45.6. The van der Waals surface area contributed by atoms with Gasteiger partial charge >= 0.3 is 12.2 Å². The maximum Gasteiger partial charge on any atom is 0.437 e. The first-order chi connectivity index (χ1) is 11.8. The number of aromatic nitrogens is 2. The molecular formula is C16H17F3N4O2. The van der Waals surface area contributed by atoms with E-state index in [0.29, 0.717) is 13.2 Å². The number of amides is 2. The van der Waals surface area contributed by atoms with Crippen molar-refractivity contribution in [3.63, 3.8) is 0 Å². The van der Waals surface area contributed by atoms with E-state index >= 15 is 0 Å². The average Bonchev–Trinajstić information content (AvgIpc) is 2.96. The minimum Gasteiger partial charge on any atom is -0.370 e. The molecule has 1 aliphatic heterocycles. The molecule has 0 aliphatic carbocycles. The lowest BCUT2D eigenvalue weighted by molar-refractivity contribution is -0.140. The molecule has 1 atom stereocenters. The Morgan fingerprint density at radius 1 is 1.32 bits per heavy atom. The van der Waals surface area contributed by atoms with Crippen LogP contribution in [0.25, 0.3) is 0 Å². The third kappa shape index (κ3) is 3.93. The largest absolute Gasteiger partial charge is 0.437 e. The molecule has 1 fully saturated rings. The molecule has 9 heteroatoms. The van der Waals surface area contributed by atoms with Crippen LogP contribution in [-0.4, -0.2) is 40.4 Å². The van der Waals surface area contributed by atoms with Crippen molar-refractivity contribution < 1.29 is 22.7 Å². The summed E-state index contributed by atoms with van der Waals surface area (Å²) in [4.78, 5) is 13.8. The summed E-state index contributed by atoms with van der Waals surface area (Å²) in [5, 5.41) is 5.68. The highest BCUT2D eigenvalue weighted by molar-refractivity contribution is 5.90. The van der Waals surface area contributed by atoms with Gasteiger partial charge in [-0.3, -0.25) is 4.68 Å². The van der Waals surface area contributed by atoms with Crippen LogP contribution in [0.2, 0.25) is 0 Å². The lowest BCUT2D eigenvalue weighted by Crippen LogP contribution is -2.44. The quantitative estimate of drug-likeness (QED) is 0.902. The zero-order chi connectivity index (χ0) is 18.0. The molecule has 6 nitrogen and oxygen atoms in total. The van der Waals surface area contributed by atoms with E-state index in [-0.39, 0.29) is 18.3 Å². The molecule has 1 aliphatic rings. The standard InChI is InChI=1S/C16H17F3N4O2/c1-22-9-12(14(21-22)16(17,18)19)20-15(24)23-7-8-25-13(10-23)11-5-3-2-4-6-11/h2-6,9,13H,7-8,10H2,1H3,(H,20,24). The van der Waals surface area contributed by atoms with Crippen LogP contribution in [0.1, 0.15) is 17.4 Å². The lowest BCUT2D eigenvalue weighted by Gasteiger charge is -2.33. The molecule has 2 heterocycles. The van der Waals surface area contributed by atoms with Crippen molar-refractivity contribution >= 4 is 11.7 Å². The molecule has 2 amide bonds. The highest BCUT2D eigenvalue weighted by atomic mass is 19.4. The molecule has 1 aromatic carbocycles. The highest BCUT2D eigenvalue weighted by Crippen LogP contribution is 2.33. The highest BCUT2D eigenvalue weighted by Gasteiger charge is 2.38.